The molecule has 0 saturated heterocycles. The largest absolute Gasteiger partial charge is 0.497 e. The van der Waals surface area contributed by atoms with E-state index in [2.05, 4.69) is 0 Å². The molecular formula is C15H21NO4. The summed E-state index contributed by atoms with van der Waals surface area (Å²) in [6.07, 6.45) is 3.13. The summed E-state index contributed by atoms with van der Waals surface area (Å²) in [5.41, 5.74) is 0.479. The number of aliphatic hydroxyl groups excluding tert-OH is 1. The van der Waals surface area contributed by atoms with E-state index in [9.17, 15) is 9.90 Å². The Labute approximate surface area is 119 Å². The van der Waals surface area contributed by atoms with Crippen LogP contribution in [-0.2, 0) is 0 Å². The van der Waals surface area contributed by atoms with E-state index in [1.54, 1.807) is 30.2 Å². The van der Waals surface area contributed by atoms with Crippen molar-refractivity contribution in [1.82, 2.24) is 4.90 Å². The standard InChI is InChI=1S/C15H21NO4/c1-19-12-6-7-14(20-2)13(10-12)15(18)16(8-9-17)11-4-3-5-11/h6-7,10-11,17H,3-5,8-9H2,1-2H3. The van der Waals surface area contributed by atoms with Crippen molar-refractivity contribution in [3.63, 3.8) is 0 Å². The van der Waals surface area contributed by atoms with Crippen molar-refractivity contribution in [2.24, 2.45) is 0 Å². The molecule has 0 radical (unpaired) electrons. The van der Waals surface area contributed by atoms with Gasteiger partial charge in [0.2, 0.25) is 0 Å². The van der Waals surface area contributed by atoms with Gasteiger partial charge in [0.05, 0.1) is 26.4 Å². The molecule has 1 aliphatic rings. The fraction of sp³-hybridized carbons (Fsp3) is 0.533. The third-order valence-electron chi connectivity index (χ3n) is 3.75. The zero-order valence-corrected chi connectivity index (χ0v) is 12.0. The highest BCUT2D eigenvalue weighted by Gasteiger charge is 2.30. The number of benzene rings is 1. The smallest absolute Gasteiger partial charge is 0.258 e. The summed E-state index contributed by atoms with van der Waals surface area (Å²) in [6.45, 7) is 0.318. The van der Waals surface area contributed by atoms with Crippen LogP contribution in [0.5, 0.6) is 11.5 Å². The quantitative estimate of drug-likeness (QED) is 0.861. The van der Waals surface area contributed by atoms with Crippen LogP contribution < -0.4 is 9.47 Å². The second-order valence-corrected chi connectivity index (χ2v) is 4.87. The molecule has 5 heteroatoms. The number of hydrogen-bond donors (Lipinski definition) is 1. The molecule has 20 heavy (non-hydrogen) atoms. The number of ether oxygens (including phenoxy) is 2. The normalized spacial score (nSPS) is 14.6. The molecule has 0 atom stereocenters. The summed E-state index contributed by atoms with van der Waals surface area (Å²) in [6, 6.07) is 5.40. The molecule has 110 valence electrons. The Hall–Kier alpha value is -1.75. The Kier molecular flexibility index (Phi) is 4.84. The maximum absolute atomic E-state index is 12.7. The average Bonchev–Trinajstić information content (AvgIpc) is 2.43. The lowest BCUT2D eigenvalue weighted by atomic mass is 9.91. The lowest BCUT2D eigenvalue weighted by Crippen LogP contribution is -2.45. The summed E-state index contributed by atoms with van der Waals surface area (Å²) in [4.78, 5) is 14.4. The second-order valence-electron chi connectivity index (χ2n) is 4.87. The van der Waals surface area contributed by atoms with Crippen molar-refractivity contribution >= 4 is 5.91 Å². The number of aliphatic hydroxyl groups is 1. The van der Waals surface area contributed by atoms with E-state index in [-0.39, 0.29) is 18.6 Å². The maximum Gasteiger partial charge on any atom is 0.258 e. The van der Waals surface area contributed by atoms with E-state index >= 15 is 0 Å². The van der Waals surface area contributed by atoms with Crippen LogP contribution in [0.25, 0.3) is 0 Å². The molecule has 0 aliphatic heterocycles. The fourth-order valence-electron chi connectivity index (χ4n) is 2.39. The lowest BCUT2D eigenvalue weighted by Gasteiger charge is -2.37. The van der Waals surface area contributed by atoms with Gasteiger partial charge in [0.15, 0.2) is 0 Å². The Morgan fingerprint density at radius 2 is 2.10 bits per heavy atom. The molecule has 2 rings (SSSR count). The predicted molar refractivity (Wildman–Crippen MR) is 75.3 cm³/mol. The first kappa shape index (κ1) is 14.7. The van der Waals surface area contributed by atoms with Crippen molar-refractivity contribution in [3.8, 4) is 11.5 Å². The molecule has 1 amide bonds. The van der Waals surface area contributed by atoms with Gasteiger partial charge in [-0.15, -0.1) is 0 Å². The van der Waals surface area contributed by atoms with Crippen molar-refractivity contribution < 1.29 is 19.4 Å². The molecule has 1 aromatic carbocycles. The highest BCUT2D eigenvalue weighted by molar-refractivity contribution is 5.97. The van der Waals surface area contributed by atoms with E-state index < -0.39 is 0 Å². The van der Waals surface area contributed by atoms with Gasteiger partial charge < -0.3 is 19.5 Å². The van der Waals surface area contributed by atoms with E-state index in [0.29, 0.717) is 23.6 Å². The first-order chi connectivity index (χ1) is 9.71. The van der Waals surface area contributed by atoms with Crippen LogP contribution in [0.4, 0.5) is 0 Å². The van der Waals surface area contributed by atoms with Gasteiger partial charge in [0.1, 0.15) is 11.5 Å². The molecular weight excluding hydrogens is 258 g/mol. The summed E-state index contributed by atoms with van der Waals surface area (Å²) in [5, 5.41) is 9.18. The number of hydrogen-bond acceptors (Lipinski definition) is 4. The molecule has 0 spiro atoms. The summed E-state index contributed by atoms with van der Waals surface area (Å²) in [5.74, 6) is 1.03. The second kappa shape index (κ2) is 6.61. The zero-order chi connectivity index (χ0) is 14.5. The number of nitrogens with zero attached hydrogens (tertiary/aromatic N) is 1. The highest BCUT2D eigenvalue weighted by atomic mass is 16.5. The van der Waals surface area contributed by atoms with E-state index in [1.165, 1.54) is 7.11 Å². The van der Waals surface area contributed by atoms with Gasteiger partial charge in [-0.3, -0.25) is 4.79 Å². The van der Waals surface area contributed by atoms with E-state index in [1.807, 2.05) is 0 Å². The zero-order valence-electron chi connectivity index (χ0n) is 12.0. The molecule has 5 nitrogen and oxygen atoms in total. The predicted octanol–water partition coefficient (Wildman–Crippen LogP) is 1.69. The van der Waals surface area contributed by atoms with Crippen molar-refractivity contribution in [3.05, 3.63) is 23.8 Å². The van der Waals surface area contributed by atoms with Gasteiger partial charge in [-0.05, 0) is 37.5 Å². The minimum absolute atomic E-state index is 0.0332. The first-order valence-electron chi connectivity index (χ1n) is 6.85. The summed E-state index contributed by atoms with van der Waals surface area (Å²) in [7, 11) is 3.10. The van der Waals surface area contributed by atoms with Gasteiger partial charge in [-0.1, -0.05) is 0 Å². The van der Waals surface area contributed by atoms with Crippen LogP contribution in [0.2, 0.25) is 0 Å². The monoisotopic (exact) mass is 279 g/mol. The number of carbonyl (C=O) groups excluding carboxylic acids is 1. The Bertz CT molecular complexity index is 471. The van der Waals surface area contributed by atoms with Gasteiger partial charge >= 0.3 is 0 Å². The Balaban J connectivity index is 2.29. The maximum atomic E-state index is 12.7. The van der Waals surface area contributed by atoms with Crippen LogP contribution in [0.3, 0.4) is 0 Å². The summed E-state index contributed by atoms with van der Waals surface area (Å²) >= 11 is 0. The van der Waals surface area contributed by atoms with Gasteiger partial charge in [0.25, 0.3) is 5.91 Å². The van der Waals surface area contributed by atoms with Crippen LogP contribution in [-0.4, -0.2) is 49.3 Å². The van der Waals surface area contributed by atoms with Crippen LogP contribution >= 0.6 is 0 Å². The van der Waals surface area contributed by atoms with Crippen LogP contribution in [0.15, 0.2) is 18.2 Å². The molecule has 1 aromatic rings. The Morgan fingerprint density at radius 3 is 2.60 bits per heavy atom. The van der Waals surface area contributed by atoms with Crippen LogP contribution in [0, 0.1) is 0 Å². The van der Waals surface area contributed by atoms with Crippen molar-refractivity contribution in [2.75, 3.05) is 27.4 Å². The van der Waals surface area contributed by atoms with E-state index in [0.717, 1.165) is 19.3 Å². The number of amides is 1. The molecule has 1 N–H and O–H groups in total. The first-order valence-corrected chi connectivity index (χ1v) is 6.85. The highest BCUT2D eigenvalue weighted by Crippen LogP contribution is 2.30. The third kappa shape index (κ3) is 2.88. The minimum atomic E-state index is -0.112. The number of methoxy groups -OCH3 is 2. The van der Waals surface area contributed by atoms with Gasteiger partial charge in [0, 0.05) is 12.6 Å². The van der Waals surface area contributed by atoms with Crippen molar-refractivity contribution in [2.45, 2.75) is 25.3 Å². The van der Waals surface area contributed by atoms with E-state index in [4.69, 9.17) is 9.47 Å². The average molecular weight is 279 g/mol. The van der Waals surface area contributed by atoms with Gasteiger partial charge in [-0.2, -0.15) is 0 Å². The minimum Gasteiger partial charge on any atom is -0.497 e. The van der Waals surface area contributed by atoms with Gasteiger partial charge in [-0.25, -0.2) is 0 Å². The van der Waals surface area contributed by atoms with Crippen molar-refractivity contribution in [1.29, 1.82) is 0 Å². The number of rotatable bonds is 6. The Morgan fingerprint density at radius 1 is 1.35 bits per heavy atom. The topological polar surface area (TPSA) is 59.0 Å². The molecule has 1 saturated carbocycles. The van der Waals surface area contributed by atoms with Crippen LogP contribution in [0.1, 0.15) is 29.6 Å². The molecule has 1 aliphatic carbocycles. The molecule has 0 bridgehead atoms. The molecule has 0 aromatic heterocycles. The summed E-state index contributed by atoms with van der Waals surface area (Å²) < 4.78 is 10.4. The number of carbonyl (C=O) groups is 1. The lowest BCUT2D eigenvalue weighted by molar-refractivity contribution is 0.0522. The fourth-order valence-corrected chi connectivity index (χ4v) is 2.39. The molecule has 0 heterocycles. The molecule has 1 fully saturated rings. The third-order valence-corrected chi connectivity index (χ3v) is 3.75. The molecule has 0 unspecified atom stereocenters. The SMILES string of the molecule is COc1ccc(OC)c(C(=O)N(CCO)C2CCC2)c1.